The van der Waals surface area contributed by atoms with Gasteiger partial charge in [0.2, 0.25) is 0 Å². The van der Waals surface area contributed by atoms with Crippen LogP contribution in [-0.4, -0.2) is 52.8 Å². The van der Waals surface area contributed by atoms with Gasteiger partial charge in [-0.2, -0.15) is 0 Å². The molecule has 1 rings (SSSR count). The minimum atomic E-state index is -1.07. The Labute approximate surface area is 114 Å². The molecule has 1 unspecified atom stereocenters. The van der Waals surface area contributed by atoms with Crippen molar-refractivity contribution in [2.45, 2.75) is 51.6 Å². The van der Waals surface area contributed by atoms with Crippen molar-refractivity contribution in [3.63, 3.8) is 0 Å². The highest BCUT2D eigenvalue weighted by atomic mass is 16.7. The number of hydrogen-bond acceptors (Lipinski definition) is 3. The van der Waals surface area contributed by atoms with E-state index in [1.54, 1.807) is 20.8 Å². The molecule has 0 bridgehead atoms. The molecule has 0 heterocycles. The second kappa shape index (κ2) is 5.77. The normalized spacial score (nSPS) is 16.9. The first kappa shape index (κ1) is 15.8. The van der Waals surface area contributed by atoms with Gasteiger partial charge in [0.25, 0.3) is 5.91 Å². The lowest BCUT2D eigenvalue weighted by Crippen LogP contribution is -2.57. The molecule has 2 amide bonds. The second-order valence-electron chi connectivity index (χ2n) is 6.04. The molecule has 0 saturated heterocycles. The molecule has 19 heavy (non-hydrogen) atoms. The van der Waals surface area contributed by atoms with Gasteiger partial charge < -0.3 is 5.11 Å². The monoisotopic (exact) mass is 272 g/mol. The molecule has 1 aliphatic carbocycles. The maximum atomic E-state index is 12.3. The van der Waals surface area contributed by atoms with E-state index in [2.05, 4.69) is 0 Å². The van der Waals surface area contributed by atoms with Gasteiger partial charge in [-0.1, -0.05) is 12.8 Å². The number of carbonyl (C=O) groups is 2. The van der Waals surface area contributed by atoms with Crippen molar-refractivity contribution in [3.8, 4) is 0 Å². The maximum absolute atomic E-state index is 12.3. The summed E-state index contributed by atoms with van der Waals surface area (Å²) in [6, 6.07) is -0.685. The third-order valence-electron chi connectivity index (χ3n) is 3.36. The van der Waals surface area contributed by atoms with E-state index in [-0.39, 0.29) is 5.91 Å². The van der Waals surface area contributed by atoms with Crippen molar-refractivity contribution in [2.24, 2.45) is 5.92 Å². The molecule has 0 aromatic rings. The predicted molar refractivity (Wildman–Crippen MR) is 70.5 cm³/mol. The van der Waals surface area contributed by atoms with Crippen LogP contribution in [-0.2, 0) is 9.63 Å². The molecule has 0 radical (unpaired) electrons. The average molecular weight is 272 g/mol. The molecule has 6 heteroatoms. The Kier molecular flexibility index (Phi) is 4.79. The van der Waals surface area contributed by atoms with E-state index in [0.29, 0.717) is 12.3 Å². The fourth-order valence-corrected chi connectivity index (χ4v) is 2.17. The number of rotatable bonds is 5. The topological polar surface area (TPSA) is 70.1 Å². The summed E-state index contributed by atoms with van der Waals surface area (Å²) in [5, 5.41) is 10.5. The number of likely N-dealkylation sites (N-methyl/N-ethyl adjacent to an activating group) is 1. The maximum Gasteiger partial charge on any atom is 0.408 e. The highest BCUT2D eigenvalue weighted by Gasteiger charge is 2.41. The van der Waals surface area contributed by atoms with E-state index in [1.165, 1.54) is 19.1 Å². The van der Waals surface area contributed by atoms with Crippen molar-refractivity contribution in [1.29, 1.82) is 0 Å². The molecule has 1 aliphatic rings. The highest BCUT2D eigenvalue weighted by Crippen LogP contribution is 2.36. The van der Waals surface area contributed by atoms with Gasteiger partial charge in [0.1, 0.15) is 6.04 Å². The molecule has 1 saturated carbocycles. The average Bonchev–Trinajstić information content (AvgIpc) is 3.07. The lowest BCUT2D eigenvalue weighted by atomic mass is 9.99. The molecule has 1 N–H and O–H groups in total. The van der Waals surface area contributed by atoms with E-state index in [0.717, 1.165) is 17.9 Å². The van der Waals surface area contributed by atoms with Gasteiger partial charge in [0, 0.05) is 12.6 Å². The number of amides is 2. The highest BCUT2D eigenvalue weighted by molar-refractivity contribution is 5.84. The molecule has 0 aromatic carbocycles. The van der Waals surface area contributed by atoms with Gasteiger partial charge in [-0.15, -0.1) is 0 Å². The number of nitrogens with zero attached hydrogens (tertiary/aromatic N) is 2. The second-order valence-corrected chi connectivity index (χ2v) is 6.04. The summed E-state index contributed by atoms with van der Waals surface area (Å²) in [5.74, 6) is 0.134. The van der Waals surface area contributed by atoms with Gasteiger partial charge in [-0.05, 0) is 33.1 Å². The standard InChI is InChI=1S/C13H24N2O4/c1-13(2,3)15(12(17)18)10(8-9-6-7-9)11(16)14(4)19-5/h9-10H,6-8H2,1-5H3,(H,17,18). The number of hydrogen-bond donors (Lipinski definition) is 1. The molecular weight excluding hydrogens is 248 g/mol. The van der Waals surface area contributed by atoms with Crippen LogP contribution < -0.4 is 0 Å². The predicted octanol–water partition coefficient (Wildman–Crippen LogP) is 1.95. The van der Waals surface area contributed by atoms with Crippen molar-refractivity contribution < 1.29 is 19.5 Å². The first-order valence-electron chi connectivity index (χ1n) is 6.52. The van der Waals surface area contributed by atoms with Crippen LogP contribution in [0.5, 0.6) is 0 Å². The zero-order chi connectivity index (χ0) is 14.8. The SMILES string of the molecule is CON(C)C(=O)C(CC1CC1)N(C(=O)O)C(C)(C)C. The van der Waals surface area contributed by atoms with Crippen molar-refractivity contribution in [2.75, 3.05) is 14.2 Å². The molecule has 1 fully saturated rings. The van der Waals surface area contributed by atoms with Crippen LogP contribution in [0.15, 0.2) is 0 Å². The fourth-order valence-electron chi connectivity index (χ4n) is 2.17. The third kappa shape index (κ3) is 4.09. The van der Waals surface area contributed by atoms with Crippen LogP contribution >= 0.6 is 0 Å². The Bertz CT molecular complexity index is 347. The molecule has 0 aliphatic heterocycles. The Morgan fingerprint density at radius 3 is 2.21 bits per heavy atom. The first-order valence-corrected chi connectivity index (χ1v) is 6.52. The zero-order valence-electron chi connectivity index (χ0n) is 12.3. The van der Waals surface area contributed by atoms with E-state index < -0.39 is 17.7 Å². The van der Waals surface area contributed by atoms with Crippen LogP contribution in [0, 0.1) is 5.92 Å². The summed E-state index contributed by atoms with van der Waals surface area (Å²) >= 11 is 0. The first-order chi connectivity index (χ1) is 8.68. The molecule has 1 atom stereocenters. The Hall–Kier alpha value is -1.30. The van der Waals surface area contributed by atoms with Gasteiger partial charge in [0.05, 0.1) is 7.11 Å². The van der Waals surface area contributed by atoms with Gasteiger partial charge in [-0.25, -0.2) is 9.86 Å². The molecule has 110 valence electrons. The van der Waals surface area contributed by atoms with Crippen molar-refractivity contribution >= 4 is 12.0 Å². The minimum absolute atomic E-state index is 0.313. The Balaban J connectivity index is 2.98. The Morgan fingerprint density at radius 2 is 1.89 bits per heavy atom. The van der Waals surface area contributed by atoms with Crippen LogP contribution in [0.25, 0.3) is 0 Å². The van der Waals surface area contributed by atoms with Crippen molar-refractivity contribution in [3.05, 3.63) is 0 Å². The smallest absolute Gasteiger partial charge is 0.408 e. The van der Waals surface area contributed by atoms with Gasteiger partial charge in [0.15, 0.2) is 0 Å². The van der Waals surface area contributed by atoms with E-state index >= 15 is 0 Å². The summed E-state index contributed by atoms with van der Waals surface area (Å²) in [6.45, 7) is 5.38. The van der Waals surface area contributed by atoms with Crippen LogP contribution in [0.4, 0.5) is 4.79 Å². The van der Waals surface area contributed by atoms with Crippen molar-refractivity contribution in [1.82, 2.24) is 9.96 Å². The van der Waals surface area contributed by atoms with Gasteiger partial charge >= 0.3 is 6.09 Å². The van der Waals surface area contributed by atoms with E-state index in [1.807, 2.05) is 0 Å². The van der Waals surface area contributed by atoms with Crippen LogP contribution in [0.2, 0.25) is 0 Å². The quantitative estimate of drug-likeness (QED) is 0.777. The summed E-state index contributed by atoms with van der Waals surface area (Å²) in [7, 11) is 2.90. The van der Waals surface area contributed by atoms with Crippen LogP contribution in [0.3, 0.4) is 0 Å². The number of carboxylic acid groups (broad SMARTS) is 1. The lowest BCUT2D eigenvalue weighted by Gasteiger charge is -2.39. The lowest BCUT2D eigenvalue weighted by molar-refractivity contribution is -0.176. The van der Waals surface area contributed by atoms with E-state index in [9.17, 15) is 14.7 Å². The molecule has 0 aromatic heterocycles. The molecule has 0 spiro atoms. The third-order valence-corrected chi connectivity index (χ3v) is 3.36. The number of hydroxylamine groups is 2. The summed E-state index contributed by atoms with van der Waals surface area (Å²) in [6.07, 6.45) is 1.63. The summed E-state index contributed by atoms with van der Waals surface area (Å²) in [4.78, 5) is 30.0. The Morgan fingerprint density at radius 1 is 1.37 bits per heavy atom. The fraction of sp³-hybridized carbons (Fsp3) is 0.846. The largest absolute Gasteiger partial charge is 0.465 e. The summed E-state index contributed by atoms with van der Waals surface area (Å²) in [5.41, 5.74) is -0.629. The number of carbonyl (C=O) groups excluding carboxylic acids is 1. The van der Waals surface area contributed by atoms with Crippen LogP contribution in [0.1, 0.15) is 40.0 Å². The minimum Gasteiger partial charge on any atom is -0.465 e. The molecular formula is C13H24N2O4. The van der Waals surface area contributed by atoms with E-state index in [4.69, 9.17) is 4.84 Å². The summed E-state index contributed by atoms with van der Waals surface area (Å²) < 4.78 is 0. The zero-order valence-corrected chi connectivity index (χ0v) is 12.3. The van der Waals surface area contributed by atoms with Gasteiger partial charge in [-0.3, -0.25) is 14.5 Å². The molecule has 6 nitrogen and oxygen atoms in total.